The van der Waals surface area contributed by atoms with Crippen LogP contribution in [-0.4, -0.2) is 53.0 Å². The van der Waals surface area contributed by atoms with Crippen LogP contribution >= 0.6 is 0 Å². The molecule has 3 rings (SSSR count). The first-order chi connectivity index (χ1) is 9.26. The molecule has 2 aliphatic rings. The smallest absolute Gasteiger partial charge is 0.0499 e. The van der Waals surface area contributed by atoms with Crippen LogP contribution in [-0.2, 0) is 6.54 Å². The normalized spacial score (nSPS) is 31.0. The summed E-state index contributed by atoms with van der Waals surface area (Å²) < 4.78 is 0. The van der Waals surface area contributed by atoms with E-state index in [1.54, 1.807) is 0 Å². The number of fused-ring (bicyclic) bond motifs is 1. The van der Waals surface area contributed by atoms with Crippen LogP contribution in [0.3, 0.4) is 0 Å². The van der Waals surface area contributed by atoms with Crippen molar-refractivity contribution in [1.82, 2.24) is 14.8 Å². The molecule has 2 atom stereocenters. The second-order valence-electron chi connectivity index (χ2n) is 5.96. The molecule has 4 heteroatoms. The van der Waals surface area contributed by atoms with Gasteiger partial charge in [0.05, 0.1) is 0 Å². The van der Waals surface area contributed by atoms with Gasteiger partial charge in [-0.2, -0.15) is 0 Å². The van der Waals surface area contributed by atoms with Gasteiger partial charge in [-0.05, 0) is 50.6 Å². The molecule has 104 valence electrons. The summed E-state index contributed by atoms with van der Waals surface area (Å²) in [6.07, 6.45) is 7.58. The van der Waals surface area contributed by atoms with Crippen molar-refractivity contribution in [3.63, 3.8) is 0 Å². The topological polar surface area (TPSA) is 45.4 Å². The van der Waals surface area contributed by atoms with Gasteiger partial charge in [-0.3, -0.25) is 14.8 Å². The highest BCUT2D eigenvalue weighted by molar-refractivity contribution is 5.14. The van der Waals surface area contributed by atoms with Crippen LogP contribution < -0.4 is 5.73 Å². The van der Waals surface area contributed by atoms with Gasteiger partial charge in [-0.15, -0.1) is 0 Å². The van der Waals surface area contributed by atoms with E-state index in [4.69, 9.17) is 5.73 Å². The molecule has 0 spiro atoms. The Morgan fingerprint density at radius 1 is 1.42 bits per heavy atom. The minimum absolute atomic E-state index is 0.166. The zero-order valence-electron chi connectivity index (χ0n) is 11.8. The van der Waals surface area contributed by atoms with Crippen LogP contribution in [0.4, 0.5) is 0 Å². The molecule has 2 aliphatic heterocycles. The summed E-state index contributed by atoms with van der Waals surface area (Å²) in [6, 6.07) is 4.86. The van der Waals surface area contributed by atoms with Gasteiger partial charge in [-0.1, -0.05) is 0 Å². The molecule has 0 saturated carbocycles. The van der Waals surface area contributed by atoms with Crippen LogP contribution in [0.25, 0.3) is 0 Å². The second-order valence-corrected chi connectivity index (χ2v) is 5.96. The van der Waals surface area contributed by atoms with Gasteiger partial charge in [0.15, 0.2) is 0 Å². The molecular weight excluding hydrogens is 236 g/mol. The molecule has 2 N–H and O–H groups in total. The number of aromatic nitrogens is 1. The fourth-order valence-corrected chi connectivity index (χ4v) is 3.96. The largest absolute Gasteiger partial charge is 0.329 e. The third-order valence-electron chi connectivity index (χ3n) is 5.10. The van der Waals surface area contributed by atoms with Crippen LogP contribution in [0, 0.1) is 0 Å². The van der Waals surface area contributed by atoms with E-state index >= 15 is 0 Å². The van der Waals surface area contributed by atoms with Gasteiger partial charge in [0, 0.05) is 43.6 Å². The summed E-state index contributed by atoms with van der Waals surface area (Å²) in [5, 5.41) is 0. The Kier molecular flexibility index (Phi) is 3.56. The van der Waals surface area contributed by atoms with Crippen molar-refractivity contribution in [3.8, 4) is 0 Å². The Labute approximate surface area is 115 Å². The number of likely N-dealkylation sites (N-methyl/N-ethyl adjacent to an activating group) is 1. The van der Waals surface area contributed by atoms with Crippen molar-refractivity contribution in [2.75, 3.05) is 26.7 Å². The highest BCUT2D eigenvalue weighted by Gasteiger charge is 2.50. The molecule has 2 fully saturated rings. The maximum Gasteiger partial charge on any atom is 0.0499 e. The zero-order chi connectivity index (χ0) is 13.3. The Bertz CT molecular complexity index is 421. The summed E-state index contributed by atoms with van der Waals surface area (Å²) in [5.74, 6) is 0. The van der Waals surface area contributed by atoms with Crippen molar-refractivity contribution < 1.29 is 0 Å². The summed E-state index contributed by atoms with van der Waals surface area (Å²) in [4.78, 5) is 9.21. The van der Waals surface area contributed by atoms with Crippen molar-refractivity contribution in [2.45, 2.75) is 37.4 Å². The summed E-state index contributed by atoms with van der Waals surface area (Å²) in [6.45, 7) is 4.19. The van der Waals surface area contributed by atoms with Crippen LogP contribution in [0.2, 0.25) is 0 Å². The molecule has 0 aliphatic carbocycles. The third kappa shape index (κ3) is 2.18. The monoisotopic (exact) mass is 260 g/mol. The minimum Gasteiger partial charge on any atom is -0.329 e. The lowest BCUT2D eigenvalue weighted by atomic mass is 9.86. The first-order valence-electron chi connectivity index (χ1n) is 7.30. The average Bonchev–Trinajstić information content (AvgIpc) is 3.01. The van der Waals surface area contributed by atoms with Gasteiger partial charge in [0.25, 0.3) is 0 Å². The maximum atomic E-state index is 6.20. The number of pyridine rings is 1. The number of hydrogen-bond acceptors (Lipinski definition) is 4. The predicted molar refractivity (Wildman–Crippen MR) is 76.7 cm³/mol. The quantitative estimate of drug-likeness (QED) is 0.880. The van der Waals surface area contributed by atoms with Crippen LogP contribution in [0.15, 0.2) is 24.5 Å². The lowest BCUT2D eigenvalue weighted by Gasteiger charge is -2.42. The van der Waals surface area contributed by atoms with E-state index in [9.17, 15) is 0 Å². The Morgan fingerprint density at radius 3 is 2.95 bits per heavy atom. The summed E-state index contributed by atoms with van der Waals surface area (Å²) in [7, 11) is 2.23. The first kappa shape index (κ1) is 13.0. The van der Waals surface area contributed by atoms with Gasteiger partial charge < -0.3 is 5.73 Å². The number of nitrogens with two attached hydrogens (primary N) is 1. The van der Waals surface area contributed by atoms with E-state index in [2.05, 4.69) is 34.0 Å². The summed E-state index contributed by atoms with van der Waals surface area (Å²) in [5.41, 5.74) is 7.69. The van der Waals surface area contributed by atoms with E-state index in [0.717, 1.165) is 13.1 Å². The van der Waals surface area contributed by atoms with Crippen molar-refractivity contribution >= 4 is 0 Å². The molecule has 0 aromatic carbocycles. The van der Waals surface area contributed by atoms with Crippen molar-refractivity contribution in [1.29, 1.82) is 0 Å². The van der Waals surface area contributed by atoms with Crippen LogP contribution in [0.5, 0.6) is 0 Å². The maximum absolute atomic E-state index is 6.20. The Hall–Kier alpha value is -0.970. The van der Waals surface area contributed by atoms with E-state index in [1.165, 1.54) is 37.9 Å². The van der Waals surface area contributed by atoms with E-state index in [1.807, 2.05) is 12.4 Å². The van der Waals surface area contributed by atoms with E-state index in [0.29, 0.717) is 6.04 Å². The number of nitrogens with zero attached hydrogens (tertiary/aromatic N) is 3. The Balaban J connectivity index is 1.78. The lowest BCUT2D eigenvalue weighted by molar-refractivity contribution is 0.0841. The third-order valence-corrected chi connectivity index (χ3v) is 5.10. The standard InChI is InChI=1S/C15H24N4/c1-18(11-13-4-7-17-8-5-13)15(12-16)6-10-19-9-2-3-14(15)19/h4-5,7-8,14H,2-3,6,9-12,16H2,1H3. The molecule has 0 amide bonds. The molecule has 2 unspecified atom stereocenters. The second kappa shape index (κ2) is 5.19. The molecule has 0 bridgehead atoms. The molecule has 19 heavy (non-hydrogen) atoms. The zero-order valence-corrected chi connectivity index (χ0v) is 11.8. The van der Waals surface area contributed by atoms with Crippen LogP contribution in [0.1, 0.15) is 24.8 Å². The van der Waals surface area contributed by atoms with Gasteiger partial charge in [-0.25, -0.2) is 0 Å². The van der Waals surface area contributed by atoms with Crippen molar-refractivity contribution in [2.24, 2.45) is 5.73 Å². The molecule has 2 saturated heterocycles. The fraction of sp³-hybridized carbons (Fsp3) is 0.667. The first-order valence-corrected chi connectivity index (χ1v) is 7.30. The minimum atomic E-state index is 0.166. The predicted octanol–water partition coefficient (Wildman–Crippen LogP) is 1.08. The SMILES string of the molecule is CN(Cc1ccncc1)C1(CN)CCN2CCCC21. The van der Waals surface area contributed by atoms with Gasteiger partial charge >= 0.3 is 0 Å². The molecule has 0 radical (unpaired) electrons. The molecule has 4 nitrogen and oxygen atoms in total. The number of rotatable bonds is 4. The van der Waals surface area contributed by atoms with E-state index < -0.39 is 0 Å². The molecule has 3 heterocycles. The molecule has 1 aromatic rings. The molecular formula is C15H24N4. The highest BCUT2D eigenvalue weighted by atomic mass is 15.3. The highest BCUT2D eigenvalue weighted by Crippen LogP contribution is 2.39. The Morgan fingerprint density at radius 2 is 2.21 bits per heavy atom. The average molecular weight is 260 g/mol. The number of hydrogen-bond donors (Lipinski definition) is 1. The lowest BCUT2D eigenvalue weighted by Crippen LogP contribution is -2.58. The van der Waals surface area contributed by atoms with E-state index in [-0.39, 0.29) is 5.54 Å². The summed E-state index contributed by atoms with van der Waals surface area (Å²) >= 11 is 0. The fourth-order valence-electron chi connectivity index (χ4n) is 3.96. The van der Waals surface area contributed by atoms with Gasteiger partial charge in [0.1, 0.15) is 0 Å². The molecule has 1 aromatic heterocycles. The van der Waals surface area contributed by atoms with Gasteiger partial charge in [0.2, 0.25) is 0 Å². The van der Waals surface area contributed by atoms with Crippen molar-refractivity contribution in [3.05, 3.63) is 30.1 Å².